The summed E-state index contributed by atoms with van der Waals surface area (Å²) in [6.45, 7) is 4.78. The lowest BCUT2D eigenvalue weighted by atomic mass is 10.0. The van der Waals surface area contributed by atoms with Crippen LogP contribution in [-0.4, -0.2) is 74.6 Å². The smallest absolute Gasteiger partial charge is 0.303 e. The average molecular weight is 406 g/mol. The molecule has 0 saturated carbocycles. The van der Waals surface area contributed by atoms with E-state index < -0.39 is 60.9 Å². The second-order valence-corrected chi connectivity index (χ2v) is 5.70. The van der Waals surface area contributed by atoms with E-state index in [9.17, 15) is 24.0 Å². The van der Waals surface area contributed by atoms with Gasteiger partial charge < -0.3 is 28.4 Å². The van der Waals surface area contributed by atoms with Crippen LogP contribution in [0.1, 0.15) is 34.6 Å². The largest absolute Gasteiger partial charge is 0.462 e. The van der Waals surface area contributed by atoms with Crippen molar-refractivity contribution in [1.82, 2.24) is 0 Å². The molecule has 11 heteroatoms. The molecule has 0 aliphatic heterocycles. The molecule has 0 saturated heterocycles. The summed E-state index contributed by atoms with van der Waals surface area (Å²) in [4.78, 5) is 57.3. The van der Waals surface area contributed by atoms with E-state index in [1.807, 2.05) is 0 Å². The molecule has 0 fully saturated rings. The summed E-state index contributed by atoms with van der Waals surface area (Å²) < 4.78 is 30.4. The van der Waals surface area contributed by atoms with Crippen molar-refractivity contribution in [3.63, 3.8) is 0 Å². The molecule has 0 unspecified atom stereocenters. The van der Waals surface area contributed by atoms with Gasteiger partial charge in [0.15, 0.2) is 24.4 Å². The highest BCUT2D eigenvalue weighted by Gasteiger charge is 2.43. The molecule has 0 aromatic heterocycles. The zero-order chi connectivity index (χ0) is 21.9. The van der Waals surface area contributed by atoms with Crippen molar-refractivity contribution >= 4 is 29.8 Å². The first-order chi connectivity index (χ1) is 13.0. The fourth-order valence-electron chi connectivity index (χ4n) is 2.27. The maximum absolute atomic E-state index is 11.6. The second-order valence-electron chi connectivity index (χ2n) is 5.70. The molecule has 4 atom stereocenters. The van der Waals surface area contributed by atoms with Crippen LogP contribution in [0.25, 0.3) is 0 Å². The standard InChI is InChI=1S/C17H26O11/c1-9(18)24-8-15(26-11(3)20)17(28-13(5)22)16(27-12(4)21)14(7-23-6)25-10(2)19/h14-17H,7-8H2,1-6H3/t14-,15+,16+,17+/m0/s1. The Morgan fingerprint density at radius 2 is 0.929 bits per heavy atom. The van der Waals surface area contributed by atoms with Gasteiger partial charge in [-0.2, -0.15) is 0 Å². The molecule has 0 heterocycles. The highest BCUT2D eigenvalue weighted by atomic mass is 16.6. The lowest BCUT2D eigenvalue weighted by Gasteiger charge is -2.35. The van der Waals surface area contributed by atoms with E-state index >= 15 is 0 Å². The number of carbonyl (C=O) groups is 5. The summed E-state index contributed by atoms with van der Waals surface area (Å²) in [6.07, 6.45) is -5.41. The van der Waals surface area contributed by atoms with Gasteiger partial charge in [-0.1, -0.05) is 0 Å². The van der Waals surface area contributed by atoms with Crippen LogP contribution >= 0.6 is 0 Å². The number of hydrogen-bond acceptors (Lipinski definition) is 11. The molecular weight excluding hydrogens is 380 g/mol. The molecule has 0 amide bonds. The van der Waals surface area contributed by atoms with E-state index in [2.05, 4.69) is 0 Å². The van der Waals surface area contributed by atoms with Crippen LogP contribution in [-0.2, 0) is 52.4 Å². The summed E-state index contributed by atoms with van der Waals surface area (Å²) in [7, 11) is 1.31. The number of esters is 5. The maximum atomic E-state index is 11.6. The highest BCUT2D eigenvalue weighted by Crippen LogP contribution is 2.20. The molecule has 28 heavy (non-hydrogen) atoms. The van der Waals surface area contributed by atoms with Crippen molar-refractivity contribution in [2.45, 2.75) is 59.0 Å². The topological polar surface area (TPSA) is 141 Å². The first-order valence-corrected chi connectivity index (χ1v) is 8.29. The van der Waals surface area contributed by atoms with Crippen molar-refractivity contribution < 1.29 is 52.4 Å². The number of ether oxygens (including phenoxy) is 6. The van der Waals surface area contributed by atoms with E-state index in [-0.39, 0.29) is 6.61 Å². The minimum absolute atomic E-state index is 0.227. The molecule has 0 spiro atoms. The Morgan fingerprint density at radius 1 is 0.571 bits per heavy atom. The zero-order valence-corrected chi connectivity index (χ0v) is 16.7. The Kier molecular flexibility index (Phi) is 11.4. The molecular formula is C17H26O11. The molecule has 0 aliphatic rings. The van der Waals surface area contributed by atoms with Crippen molar-refractivity contribution in [2.75, 3.05) is 20.3 Å². The predicted octanol–water partition coefficient (Wildman–Crippen LogP) is -0.0773. The van der Waals surface area contributed by atoms with E-state index in [4.69, 9.17) is 28.4 Å². The van der Waals surface area contributed by atoms with Crippen LogP contribution in [0.2, 0.25) is 0 Å². The fraction of sp³-hybridized carbons (Fsp3) is 0.706. The van der Waals surface area contributed by atoms with Crippen LogP contribution < -0.4 is 0 Å². The summed E-state index contributed by atoms with van der Waals surface area (Å²) >= 11 is 0. The first-order valence-electron chi connectivity index (χ1n) is 8.29. The fourth-order valence-corrected chi connectivity index (χ4v) is 2.27. The van der Waals surface area contributed by atoms with Gasteiger partial charge in [0.25, 0.3) is 0 Å². The Morgan fingerprint density at radius 3 is 1.21 bits per heavy atom. The van der Waals surface area contributed by atoms with Gasteiger partial charge >= 0.3 is 29.8 Å². The third-order valence-corrected chi connectivity index (χ3v) is 3.08. The zero-order valence-electron chi connectivity index (χ0n) is 16.7. The van der Waals surface area contributed by atoms with Gasteiger partial charge in [-0.05, 0) is 0 Å². The van der Waals surface area contributed by atoms with Crippen LogP contribution in [0, 0.1) is 0 Å². The van der Waals surface area contributed by atoms with Gasteiger partial charge in [-0.15, -0.1) is 0 Å². The van der Waals surface area contributed by atoms with E-state index in [1.54, 1.807) is 0 Å². The van der Waals surface area contributed by atoms with Crippen molar-refractivity contribution in [2.24, 2.45) is 0 Å². The number of carbonyl (C=O) groups excluding carboxylic acids is 5. The lowest BCUT2D eigenvalue weighted by molar-refractivity contribution is -0.205. The SMILES string of the molecule is COC[C@H](OC(C)=O)[C@@H](OC(C)=O)[C@H](OC(C)=O)[C@@H](COC(C)=O)OC(C)=O. The first kappa shape index (κ1) is 25.3. The van der Waals surface area contributed by atoms with Crippen LogP contribution in [0.4, 0.5) is 0 Å². The van der Waals surface area contributed by atoms with Gasteiger partial charge in [-0.3, -0.25) is 24.0 Å². The summed E-state index contributed by atoms with van der Waals surface area (Å²) in [5.74, 6) is -3.77. The Labute approximate surface area is 162 Å². The van der Waals surface area contributed by atoms with E-state index in [0.29, 0.717) is 0 Å². The number of hydrogen-bond donors (Lipinski definition) is 0. The van der Waals surface area contributed by atoms with Crippen LogP contribution in [0.3, 0.4) is 0 Å². The van der Waals surface area contributed by atoms with E-state index in [1.165, 1.54) is 7.11 Å². The van der Waals surface area contributed by atoms with Gasteiger partial charge in [0.1, 0.15) is 6.61 Å². The molecule has 160 valence electrons. The van der Waals surface area contributed by atoms with Crippen molar-refractivity contribution in [1.29, 1.82) is 0 Å². The molecule has 0 aromatic carbocycles. The van der Waals surface area contributed by atoms with Crippen molar-refractivity contribution in [3.05, 3.63) is 0 Å². The minimum Gasteiger partial charge on any atom is -0.462 e. The second kappa shape index (κ2) is 12.7. The molecule has 0 radical (unpaired) electrons. The van der Waals surface area contributed by atoms with E-state index in [0.717, 1.165) is 34.6 Å². The molecule has 11 nitrogen and oxygen atoms in total. The highest BCUT2D eigenvalue weighted by molar-refractivity contribution is 5.69. The normalized spacial score (nSPS) is 14.6. The summed E-state index contributed by atoms with van der Waals surface area (Å²) in [6, 6.07) is 0. The number of methoxy groups -OCH3 is 1. The van der Waals surface area contributed by atoms with Crippen LogP contribution in [0.5, 0.6) is 0 Å². The molecule has 0 N–H and O–H groups in total. The molecule has 0 aliphatic carbocycles. The quantitative estimate of drug-likeness (QED) is 0.336. The third kappa shape index (κ3) is 10.5. The van der Waals surface area contributed by atoms with Gasteiger partial charge in [0.2, 0.25) is 0 Å². The number of rotatable bonds is 11. The van der Waals surface area contributed by atoms with Gasteiger partial charge in [0.05, 0.1) is 6.61 Å². The predicted molar refractivity (Wildman–Crippen MR) is 90.7 cm³/mol. The van der Waals surface area contributed by atoms with Gasteiger partial charge in [-0.25, -0.2) is 0 Å². The lowest BCUT2D eigenvalue weighted by Crippen LogP contribution is -2.54. The minimum atomic E-state index is -1.45. The molecule has 0 aromatic rings. The Bertz CT molecular complexity index is 571. The summed E-state index contributed by atoms with van der Waals surface area (Å²) in [5.41, 5.74) is 0. The Balaban J connectivity index is 6.06. The molecule has 0 rings (SSSR count). The maximum Gasteiger partial charge on any atom is 0.303 e. The third-order valence-electron chi connectivity index (χ3n) is 3.08. The van der Waals surface area contributed by atoms with Gasteiger partial charge in [0, 0.05) is 41.7 Å². The molecule has 0 bridgehead atoms. The summed E-state index contributed by atoms with van der Waals surface area (Å²) in [5, 5.41) is 0. The van der Waals surface area contributed by atoms with Crippen molar-refractivity contribution in [3.8, 4) is 0 Å². The Hall–Kier alpha value is -2.69. The average Bonchev–Trinajstić information content (AvgIpc) is 2.53. The monoisotopic (exact) mass is 406 g/mol. The van der Waals surface area contributed by atoms with Crippen LogP contribution in [0.15, 0.2) is 0 Å².